The van der Waals surface area contributed by atoms with E-state index in [4.69, 9.17) is 39.9 Å². The van der Waals surface area contributed by atoms with Crippen molar-refractivity contribution in [1.29, 1.82) is 0 Å². The van der Waals surface area contributed by atoms with Crippen LogP contribution in [0.4, 0.5) is 5.69 Å². The molecule has 0 spiro atoms. The summed E-state index contributed by atoms with van der Waals surface area (Å²) >= 11 is 1.77. The monoisotopic (exact) mass is 1450 g/mol. The first kappa shape index (κ1) is 60.2. The van der Waals surface area contributed by atoms with E-state index in [1.54, 1.807) is 11.8 Å². The van der Waals surface area contributed by atoms with E-state index in [-0.39, 0.29) is 12.1 Å². The van der Waals surface area contributed by atoms with Crippen LogP contribution in [-0.4, -0.2) is 79.0 Å². The highest BCUT2D eigenvalue weighted by Gasteiger charge is 2.43. The molecular weight excluding hydrogens is 1400 g/mol. The number of imidazole rings is 6. The molecule has 21 aromatic rings. The summed E-state index contributed by atoms with van der Waals surface area (Å²) in [6, 6.07) is 100. The van der Waals surface area contributed by atoms with Crippen LogP contribution in [0, 0.1) is 0 Å². The van der Waals surface area contributed by atoms with Gasteiger partial charge < -0.3 is 4.90 Å². The van der Waals surface area contributed by atoms with Gasteiger partial charge >= 0.3 is 0 Å². The lowest BCUT2D eigenvalue weighted by Crippen LogP contribution is -2.36. The van der Waals surface area contributed by atoms with Crippen molar-refractivity contribution in [2.24, 2.45) is 4.99 Å². The summed E-state index contributed by atoms with van der Waals surface area (Å²) in [6.45, 7) is 0. The Balaban J connectivity index is 0.576. The van der Waals surface area contributed by atoms with Crippen LogP contribution in [0.15, 0.2) is 332 Å². The SMILES string of the molecule is C1=CC2N=C3Sc4c(-c5ccc6c(c5)-c5cccnc5-c5ncccc5-c5ccccc5-6)cccc4N3C2C=C1n1c2ccccc2n2c3cc(-c4ccc5c(c4)-c4cccnc4-c4ncccc4-c4cc(-n6c7ccc(-n8c9ccccc9n9c%10ccccc%10nc89)cc7n7c8ccccc8nc67)ccc4-5)ccc3nc12. The molecule has 0 saturated heterocycles. The van der Waals surface area contributed by atoms with Gasteiger partial charge in [-0.1, -0.05) is 152 Å². The van der Waals surface area contributed by atoms with Gasteiger partial charge in [0.2, 0.25) is 17.3 Å². The van der Waals surface area contributed by atoms with E-state index in [1.165, 1.54) is 16.0 Å². The third-order valence-electron chi connectivity index (χ3n) is 23.7. The van der Waals surface area contributed by atoms with Gasteiger partial charge in [0.1, 0.15) is 0 Å². The molecule has 10 aromatic heterocycles. The fraction of sp³-hybridized carbons (Fsp3) is 0.0208. The largest absolute Gasteiger partial charge is 0.310 e. The van der Waals surface area contributed by atoms with Gasteiger partial charge in [-0.25, -0.2) is 15.0 Å². The molecule has 12 heterocycles. The molecule has 0 fully saturated rings. The number of nitrogens with zero attached hydrogens (tertiary/aromatic N) is 15. The molecule has 2 atom stereocenters. The van der Waals surface area contributed by atoms with Gasteiger partial charge in [-0.2, -0.15) is 0 Å². The number of hydrogen-bond acceptors (Lipinski definition) is 10. The first-order valence-electron chi connectivity index (χ1n) is 37.7. The highest BCUT2D eigenvalue weighted by atomic mass is 32.2. The number of pyridine rings is 4. The molecule has 16 heteroatoms. The van der Waals surface area contributed by atoms with Gasteiger partial charge in [0.15, 0.2) is 5.17 Å². The summed E-state index contributed by atoms with van der Waals surface area (Å²) in [5.41, 5.74) is 37.2. The molecule has 11 aromatic carbocycles. The Hall–Kier alpha value is -14.9. The second-order valence-electron chi connectivity index (χ2n) is 29.4. The Bertz CT molecular complexity index is 7920. The van der Waals surface area contributed by atoms with Crippen molar-refractivity contribution in [3.8, 4) is 123 Å². The molecule has 5 aliphatic rings. The van der Waals surface area contributed by atoms with Gasteiger partial charge in [-0.05, 0) is 224 Å². The number of allylic oxidation sites excluding steroid dienone is 2. The third-order valence-corrected chi connectivity index (χ3v) is 24.8. The second-order valence-corrected chi connectivity index (χ2v) is 30.4. The fourth-order valence-corrected chi connectivity index (χ4v) is 20.1. The maximum Gasteiger partial charge on any atom is 0.220 e. The number of amidine groups is 1. The van der Waals surface area contributed by atoms with E-state index in [9.17, 15) is 0 Å². The predicted molar refractivity (Wildman–Crippen MR) is 450 cm³/mol. The minimum absolute atomic E-state index is 0.0598. The van der Waals surface area contributed by atoms with E-state index < -0.39 is 0 Å². The van der Waals surface area contributed by atoms with Crippen molar-refractivity contribution in [2.75, 3.05) is 4.90 Å². The molecule has 0 radical (unpaired) electrons. The lowest BCUT2D eigenvalue weighted by molar-refractivity contribution is 0.736. The molecule has 0 amide bonds. The Kier molecular flexibility index (Phi) is 12.0. The Morgan fingerprint density at radius 2 is 0.732 bits per heavy atom. The van der Waals surface area contributed by atoms with E-state index in [0.717, 1.165) is 212 Å². The van der Waals surface area contributed by atoms with Crippen LogP contribution in [0.5, 0.6) is 0 Å². The predicted octanol–water partition coefficient (Wildman–Crippen LogP) is 21.9. The van der Waals surface area contributed by atoms with Crippen LogP contribution in [0.1, 0.15) is 0 Å². The van der Waals surface area contributed by atoms with Gasteiger partial charge in [0, 0.05) is 63.3 Å². The lowest BCUT2D eigenvalue weighted by Gasteiger charge is -2.27. The van der Waals surface area contributed by atoms with Crippen molar-refractivity contribution >= 4 is 112 Å². The molecule has 2 unspecified atom stereocenters. The summed E-state index contributed by atoms with van der Waals surface area (Å²) in [7, 11) is 0. The lowest BCUT2D eigenvalue weighted by atomic mass is 9.83. The van der Waals surface area contributed by atoms with Crippen LogP contribution in [0.25, 0.3) is 212 Å². The Morgan fingerprint density at radius 1 is 0.295 bits per heavy atom. The molecule has 15 nitrogen and oxygen atoms in total. The minimum Gasteiger partial charge on any atom is -0.310 e. The summed E-state index contributed by atoms with van der Waals surface area (Å²) in [5.74, 6) is 2.51. The van der Waals surface area contributed by atoms with Crippen LogP contribution >= 0.6 is 11.8 Å². The van der Waals surface area contributed by atoms with Gasteiger partial charge in [0.25, 0.3) is 0 Å². The highest BCUT2D eigenvalue weighted by Crippen LogP contribution is 2.55. The first-order chi connectivity index (χ1) is 55.5. The van der Waals surface area contributed by atoms with E-state index in [0.29, 0.717) is 0 Å². The average Bonchev–Trinajstić information content (AvgIpc) is 1.54. The fourth-order valence-electron chi connectivity index (χ4n) is 18.8. The molecule has 3 aliphatic carbocycles. The van der Waals surface area contributed by atoms with Gasteiger partial charge in [0.05, 0.1) is 112 Å². The van der Waals surface area contributed by atoms with Crippen molar-refractivity contribution in [3.05, 3.63) is 322 Å². The third kappa shape index (κ3) is 8.22. The van der Waals surface area contributed by atoms with Crippen LogP contribution in [-0.2, 0) is 0 Å². The second kappa shape index (κ2) is 22.4. The van der Waals surface area contributed by atoms with Crippen LogP contribution in [0.3, 0.4) is 0 Å². The number of thioether (sulfide) groups is 1. The van der Waals surface area contributed by atoms with Crippen LogP contribution < -0.4 is 4.90 Å². The zero-order chi connectivity index (χ0) is 72.7. The number of anilines is 1. The maximum absolute atomic E-state index is 5.53. The topological polar surface area (TPSA) is 134 Å². The molecule has 0 bridgehead atoms. The van der Waals surface area contributed by atoms with Crippen molar-refractivity contribution < 1.29 is 0 Å². The van der Waals surface area contributed by atoms with Crippen LogP contribution in [0.2, 0.25) is 0 Å². The van der Waals surface area contributed by atoms with Gasteiger partial charge in [-0.15, -0.1) is 0 Å². The van der Waals surface area contributed by atoms with Crippen molar-refractivity contribution in [2.45, 2.75) is 17.0 Å². The number of rotatable bonds is 5. The standard InChI is InChI=1S/C96H55N15S/c1-2-17-62-61(16-1)63-39-33-56(49-71(63)68-21-14-45-98-89(68)88-66(62)19-12-44-97-88)60-18-11-31-84-92(60)112-96-104-76-42-36-58(52-86(76)111(84)96)106-80-28-8-10-30-82(80)110-85-50-55(34-41-75(85)103-95(106)110)54-32-38-64-65-40-35-57(51-72(65)69-22-15-47-100-91(69)90-67(70(64)48-54)20-13-46-99-90)105-83-43-37-59(53-87(83)109-78-26-6-4-24-74(78)102-94(105)109)107-79-27-7-9-29-81(79)108-77-25-5-3-23-73(77)101-93(107)108/h1-53,76,86H. The number of aliphatic imine (C=N–C) groups is 1. The minimum atomic E-state index is -0.0663. The summed E-state index contributed by atoms with van der Waals surface area (Å²) in [5, 5.41) is 1.00. The zero-order valence-corrected chi connectivity index (χ0v) is 60.2. The zero-order valence-electron chi connectivity index (χ0n) is 59.4. The van der Waals surface area contributed by atoms with E-state index in [2.05, 4.69) is 305 Å². The first-order valence-corrected chi connectivity index (χ1v) is 38.5. The maximum atomic E-state index is 5.53. The number of para-hydroxylation sites is 8. The molecule has 26 rings (SSSR count). The molecule has 0 saturated carbocycles. The molecule has 520 valence electrons. The van der Waals surface area contributed by atoms with E-state index >= 15 is 0 Å². The quantitative estimate of drug-likeness (QED) is 0.165. The molecule has 2 aliphatic heterocycles. The number of aromatic nitrogens is 13. The average molecular weight is 1450 g/mol. The van der Waals surface area contributed by atoms with Crippen molar-refractivity contribution in [3.63, 3.8) is 0 Å². The number of fused-ring (bicyclic) bond motifs is 36. The summed E-state index contributed by atoms with van der Waals surface area (Å²) in [4.78, 5) is 45.7. The smallest absolute Gasteiger partial charge is 0.220 e. The Morgan fingerprint density at radius 3 is 1.38 bits per heavy atom. The number of hydrogen-bond donors (Lipinski definition) is 0. The molecule has 112 heavy (non-hydrogen) atoms. The van der Waals surface area contributed by atoms with E-state index in [1.807, 2.05) is 49.1 Å². The molecular formula is C96H55N15S. The van der Waals surface area contributed by atoms with Crippen molar-refractivity contribution in [1.82, 2.24) is 61.8 Å². The van der Waals surface area contributed by atoms with Gasteiger partial charge in [-0.3, -0.25) is 51.8 Å². The number of benzene rings is 11. The summed E-state index contributed by atoms with van der Waals surface area (Å²) < 4.78 is 13.8. The molecule has 0 N–H and O–H groups in total. The normalized spacial score (nSPS) is 15.0. The Labute approximate surface area is 641 Å². The summed E-state index contributed by atoms with van der Waals surface area (Å²) in [6.07, 6.45) is 14.4. The highest BCUT2D eigenvalue weighted by molar-refractivity contribution is 8.15.